The monoisotopic (exact) mass is 155 g/mol. The van der Waals surface area contributed by atoms with Crippen molar-refractivity contribution in [3.05, 3.63) is 23.8 Å². The number of hydrogen-bond acceptors (Lipinski definition) is 2. The summed E-state index contributed by atoms with van der Waals surface area (Å²) in [4.78, 5) is 11.0. The molecule has 4 nitrogen and oxygen atoms in total. The summed E-state index contributed by atoms with van der Waals surface area (Å²) >= 11 is 0. The molecule has 1 aromatic heterocycles. The standard InChI is InChI=1S/C6H6FN3O/c7-4-1-5-6(11)8-3-9-10(5)2-4/h1-2,9H,3H2,(H,8,11). The van der Waals surface area contributed by atoms with E-state index in [1.165, 1.54) is 16.9 Å². The Kier molecular flexibility index (Phi) is 1.12. The zero-order valence-corrected chi connectivity index (χ0v) is 5.60. The molecule has 1 aliphatic heterocycles. The second-order valence-corrected chi connectivity index (χ2v) is 2.25. The summed E-state index contributed by atoms with van der Waals surface area (Å²) in [6.45, 7) is 0.333. The number of carbonyl (C=O) groups excluding carboxylic acids is 1. The molecule has 58 valence electrons. The molecule has 2 rings (SSSR count). The summed E-state index contributed by atoms with van der Waals surface area (Å²) in [5.41, 5.74) is 3.06. The highest BCUT2D eigenvalue weighted by Gasteiger charge is 2.16. The van der Waals surface area contributed by atoms with Crippen molar-refractivity contribution in [1.82, 2.24) is 9.99 Å². The number of nitrogens with zero attached hydrogens (tertiary/aromatic N) is 1. The fourth-order valence-electron chi connectivity index (χ4n) is 1.03. The van der Waals surface area contributed by atoms with Gasteiger partial charge in [0.05, 0.1) is 6.20 Å². The molecule has 0 aromatic carbocycles. The van der Waals surface area contributed by atoms with E-state index < -0.39 is 5.82 Å². The molecule has 1 amide bonds. The third-order valence-corrected chi connectivity index (χ3v) is 1.52. The molecule has 11 heavy (non-hydrogen) atoms. The first-order chi connectivity index (χ1) is 5.27. The predicted molar refractivity (Wildman–Crippen MR) is 36.1 cm³/mol. The van der Waals surface area contributed by atoms with Gasteiger partial charge in [-0.05, 0) is 0 Å². The van der Waals surface area contributed by atoms with Crippen molar-refractivity contribution >= 4 is 5.91 Å². The van der Waals surface area contributed by atoms with Gasteiger partial charge in [0.25, 0.3) is 5.91 Å². The number of rotatable bonds is 0. The number of amides is 1. The maximum Gasteiger partial charge on any atom is 0.271 e. The van der Waals surface area contributed by atoms with Crippen molar-refractivity contribution in [1.29, 1.82) is 0 Å². The Balaban J connectivity index is 2.52. The second kappa shape index (κ2) is 1.98. The van der Waals surface area contributed by atoms with Gasteiger partial charge < -0.3 is 10.7 Å². The zero-order valence-electron chi connectivity index (χ0n) is 5.60. The first-order valence-electron chi connectivity index (χ1n) is 3.17. The van der Waals surface area contributed by atoms with Crippen molar-refractivity contribution in [2.24, 2.45) is 0 Å². The van der Waals surface area contributed by atoms with Crippen LogP contribution in [0.4, 0.5) is 4.39 Å². The van der Waals surface area contributed by atoms with Crippen LogP contribution in [0.1, 0.15) is 10.5 Å². The Morgan fingerprint density at radius 3 is 3.18 bits per heavy atom. The first kappa shape index (κ1) is 6.21. The van der Waals surface area contributed by atoms with Gasteiger partial charge in [-0.2, -0.15) is 0 Å². The Morgan fingerprint density at radius 1 is 1.64 bits per heavy atom. The van der Waals surface area contributed by atoms with Crippen LogP contribution in [-0.4, -0.2) is 17.3 Å². The van der Waals surface area contributed by atoms with Crippen LogP contribution in [0, 0.1) is 5.82 Å². The summed E-state index contributed by atoms with van der Waals surface area (Å²) in [5.74, 6) is -0.669. The molecule has 0 spiro atoms. The van der Waals surface area contributed by atoms with Gasteiger partial charge in [-0.3, -0.25) is 9.47 Å². The molecule has 2 heterocycles. The lowest BCUT2D eigenvalue weighted by molar-refractivity contribution is 0.0936. The average molecular weight is 155 g/mol. The molecule has 2 N–H and O–H groups in total. The normalized spacial score (nSPS) is 15.2. The molecule has 0 unspecified atom stereocenters. The van der Waals surface area contributed by atoms with E-state index in [1.807, 2.05) is 0 Å². The van der Waals surface area contributed by atoms with Crippen LogP contribution >= 0.6 is 0 Å². The third-order valence-electron chi connectivity index (χ3n) is 1.52. The van der Waals surface area contributed by atoms with Gasteiger partial charge in [0.1, 0.15) is 18.2 Å². The van der Waals surface area contributed by atoms with E-state index in [0.717, 1.165) is 0 Å². The molecule has 1 aliphatic rings. The molecular weight excluding hydrogens is 149 g/mol. The Morgan fingerprint density at radius 2 is 2.45 bits per heavy atom. The van der Waals surface area contributed by atoms with Gasteiger partial charge in [0.2, 0.25) is 0 Å². The maximum atomic E-state index is 12.5. The fraction of sp³-hybridized carbons (Fsp3) is 0.167. The van der Waals surface area contributed by atoms with Crippen LogP contribution < -0.4 is 10.7 Å². The average Bonchev–Trinajstić information content (AvgIpc) is 2.31. The minimum atomic E-state index is -0.412. The lowest BCUT2D eigenvalue weighted by Crippen LogP contribution is -2.40. The molecule has 0 fully saturated rings. The van der Waals surface area contributed by atoms with Gasteiger partial charge in [-0.1, -0.05) is 0 Å². The van der Waals surface area contributed by atoms with E-state index in [4.69, 9.17) is 0 Å². The summed E-state index contributed by atoms with van der Waals surface area (Å²) in [7, 11) is 0. The molecule has 0 bridgehead atoms. The predicted octanol–water partition coefficient (Wildman–Crippen LogP) is -0.128. The molecule has 0 aliphatic carbocycles. The number of halogens is 1. The third kappa shape index (κ3) is 0.849. The van der Waals surface area contributed by atoms with Gasteiger partial charge in [0, 0.05) is 6.07 Å². The highest BCUT2D eigenvalue weighted by molar-refractivity contribution is 5.93. The molecule has 1 aromatic rings. The quantitative estimate of drug-likeness (QED) is 0.548. The number of aromatic nitrogens is 1. The van der Waals surface area contributed by atoms with E-state index in [-0.39, 0.29) is 5.91 Å². The zero-order chi connectivity index (χ0) is 7.84. The summed E-state index contributed by atoms with van der Waals surface area (Å²) in [5, 5.41) is 2.51. The summed E-state index contributed by atoms with van der Waals surface area (Å²) < 4.78 is 13.9. The number of nitrogens with one attached hydrogen (secondary N) is 2. The molecule has 0 saturated carbocycles. The van der Waals surface area contributed by atoms with E-state index in [0.29, 0.717) is 12.4 Å². The van der Waals surface area contributed by atoms with Crippen LogP contribution in [-0.2, 0) is 0 Å². The maximum absolute atomic E-state index is 12.5. The highest BCUT2D eigenvalue weighted by atomic mass is 19.1. The minimum Gasteiger partial charge on any atom is -0.332 e. The van der Waals surface area contributed by atoms with Gasteiger partial charge in [-0.15, -0.1) is 0 Å². The van der Waals surface area contributed by atoms with E-state index in [2.05, 4.69) is 10.7 Å². The van der Waals surface area contributed by atoms with Crippen molar-refractivity contribution in [3.63, 3.8) is 0 Å². The lowest BCUT2D eigenvalue weighted by atomic mass is 10.4. The smallest absolute Gasteiger partial charge is 0.271 e. The molecular formula is C6H6FN3O. The largest absolute Gasteiger partial charge is 0.332 e. The van der Waals surface area contributed by atoms with Crippen molar-refractivity contribution in [2.75, 3.05) is 12.1 Å². The Hall–Kier alpha value is -1.52. The van der Waals surface area contributed by atoms with Crippen molar-refractivity contribution in [2.45, 2.75) is 0 Å². The van der Waals surface area contributed by atoms with Crippen LogP contribution in [0.25, 0.3) is 0 Å². The van der Waals surface area contributed by atoms with Crippen molar-refractivity contribution in [3.8, 4) is 0 Å². The minimum absolute atomic E-state index is 0.257. The highest BCUT2D eigenvalue weighted by Crippen LogP contribution is 2.06. The molecule has 5 heteroatoms. The van der Waals surface area contributed by atoms with Crippen LogP contribution in [0.3, 0.4) is 0 Å². The Labute approximate surface area is 62.0 Å². The van der Waals surface area contributed by atoms with Crippen molar-refractivity contribution < 1.29 is 9.18 Å². The van der Waals surface area contributed by atoms with Gasteiger partial charge >= 0.3 is 0 Å². The van der Waals surface area contributed by atoms with E-state index >= 15 is 0 Å². The first-order valence-corrected chi connectivity index (χ1v) is 3.17. The van der Waals surface area contributed by atoms with Gasteiger partial charge in [-0.25, -0.2) is 4.39 Å². The molecule has 0 radical (unpaired) electrons. The summed E-state index contributed by atoms with van der Waals surface area (Å²) in [6.07, 6.45) is 1.23. The summed E-state index contributed by atoms with van der Waals surface area (Å²) in [6, 6.07) is 1.18. The van der Waals surface area contributed by atoms with Gasteiger partial charge in [0.15, 0.2) is 0 Å². The number of carbonyl (C=O) groups is 1. The Bertz CT molecular complexity index is 307. The topological polar surface area (TPSA) is 46.1 Å². The van der Waals surface area contributed by atoms with Crippen LogP contribution in [0.2, 0.25) is 0 Å². The SMILES string of the molecule is O=C1NCNn2cc(F)cc21. The lowest BCUT2D eigenvalue weighted by Gasteiger charge is -2.17. The molecule has 0 saturated heterocycles. The number of fused-ring (bicyclic) bond motifs is 1. The molecule has 0 atom stereocenters. The number of hydrogen-bond donors (Lipinski definition) is 2. The fourth-order valence-corrected chi connectivity index (χ4v) is 1.03. The van der Waals surface area contributed by atoms with Crippen LogP contribution in [0.5, 0.6) is 0 Å². The van der Waals surface area contributed by atoms with E-state index in [1.54, 1.807) is 0 Å². The van der Waals surface area contributed by atoms with E-state index in [9.17, 15) is 9.18 Å². The second-order valence-electron chi connectivity index (χ2n) is 2.25. The van der Waals surface area contributed by atoms with Crippen LogP contribution in [0.15, 0.2) is 12.3 Å².